The Bertz CT molecular complexity index is 1350. The zero-order chi connectivity index (χ0) is 42.7. The Morgan fingerprint density at radius 2 is 0.983 bits per heavy atom. The zero-order valence-corrected chi connectivity index (χ0v) is 34.6. The third kappa shape index (κ3) is 26.4. The Hall–Kier alpha value is -3.39. The molecule has 0 heterocycles. The van der Waals surface area contributed by atoms with Crippen LogP contribution in [-0.2, 0) is 63.1 Å². The van der Waals surface area contributed by atoms with Crippen LogP contribution in [0.25, 0.3) is 0 Å². The fraction of sp³-hybridized carbons (Fsp3) is 0.667. The van der Waals surface area contributed by atoms with Crippen LogP contribution in [0.2, 0.25) is 0 Å². The first kappa shape index (κ1) is 51.8. The summed E-state index contributed by atoms with van der Waals surface area (Å²) in [5, 5.41) is 2.86. The van der Waals surface area contributed by atoms with Crippen molar-refractivity contribution in [3.05, 3.63) is 59.7 Å². The average molecular weight is 848 g/mol. The summed E-state index contributed by atoms with van der Waals surface area (Å²) in [5.74, 6) is -0.790. The summed E-state index contributed by atoms with van der Waals surface area (Å²) in [4.78, 5) is 24.6. The van der Waals surface area contributed by atoms with Gasteiger partial charge in [-0.25, -0.2) is 4.79 Å². The highest BCUT2D eigenvalue weighted by molar-refractivity contribution is 5.96. The SMILES string of the molecule is CCCCC(CC)C(=O)OCCOCCOCCOCCOCCOCCOCCOCCOCCOCCOC(=O)c1ccccc1Nc1cccc(C(F)(F)F)c1. The molecule has 0 aliphatic carbocycles. The van der Waals surface area contributed by atoms with E-state index in [1.54, 1.807) is 18.2 Å². The van der Waals surface area contributed by atoms with Gasteiger partial charge in [-0.15, -0.1) is 0 Å². The molecule has 0 bridgehead atoms. The van der Waals surface area contributed by atoms with Crippen LogP contribution in [-0.4, -0.2) is 144 Å². The van der Waals surface area contributed by atoms with Gasteiger partial charge >= 0.3 is 18.1 Å². The number of halogens is 3. The Morgan fingerprint density at radius 1 is 0.559 bits per heavy atom. The topological polar surface area (TPSA) is 148 Å². The number of anilines is 2. The van der Waals surface area contributed by atoms with Crippen LogP contribution in [0.5, 0.6) is 0 Å². The maximum atomic E-state index is 13.1. The smallest absolute Gasteiger partial charge is 0.416 e. The van der Waals surface area contributed by atoms with Gasteiger partial charge in [0.2, 0.25) is 0 Å². The van der Waals surface area contributed by atoms with Gasteiger partial charge in [-0.2, -0.15) is 13.2 Å². The molecule has 0 aromatic heterocycles. The van der Waals surface area contributed by atoms with E-state index in [2.05, 4.69) is 12.2 Å². The molecule has 14 nitrogen and oxygen atoms in total. The first-order valence-electron chi connectivity index (χ1n) is 20.3. The van der Waals surface area contributed by atoms with Gasteiger partial charge < -0.3 is 57.4 Å². The van der Waals surface area contributed by atoms with Crippen LogP contribution in [0, 0.1) is 5.92 Å². The number of benzene rings is 2. The molecule has 2 aromatic rings. The van der Waals surface area contributed by atoms with E-state index in [-0.39, 0.29) is 43.0 Å². The van der Waals surface area contributed by atoms with E-state index in [9.17, 15) is 22.8 Å². The van der Waals surface area contributed by atoms with Gasteiger partial charge in [-0.3, -0.25) is 4.79 Å². The van der Waals surface area contributed by atoms with Crippen molar-refractivity contribution in [2.24, 2.45) is 5.92 Å². The highest BCUT2D eigenvalue weighted by atomic mass is 19.4. The molecule has 0 aliphatic rings. The van der Waals surface area contributed by atoms with Crippen molar-refractivity contribution in [1.82, 2.24) is 0 Å². The lowest BCUT2D eigenvalue weighted by Crippen LogP contribution is -2.20. The second kappa shape index (κ2) is 34.3. The van der Waals surface area contributed by atoms with E-state index >= 15 is 0 Å². The number of ether oxygens (including phenoxy) is 11. The van der Waals surface area contributed by atoms with E-state index in [0.29, 0.717) is 118 Å². The van der Waals surface area contributed by atoms with Crippen LogP contribution < -0.4 is 5.32 Å². The van der Waals surface area contributed by atoms with Gasteiger partial charge in [0.05, 0.1) is 142 Å². The third-order valence-corrected chi connectivity index (χ3v) is 8.26. The van der Waals surface area contributed by atoms with Crippen LogP contribution in [0.3, 0.4) is 0 Å². The quantitative estimate of drug-likeness (QED) is 0.0578. The molecule has 0 amide bonds. The van der Waals surface area contributed by atoms with E-state index in [1.807, 2.05) is 6.92 Å². The number of alkyl halides is 3. The van der Waals surface area contributed by atoms with Crippen LogP contribution in [0.4, 0.5) is 24.5 Å². The van der Waals surface area contributed by atoms with Crippen molar-refractivity contribution in [2.45, 2.75) is 45.7 Å². The van der Waals surface area contributed by atoms with Crippen molar-refractivity contribution in [3.8, 4) is 0 Å². The number of hydrogen-bond donors (Lipinski definition) is 1. The first-order valence-corrected chi connectivity index (χ1v) is 20.3. The van der Waals surface area contributed by atoms with Gasteiger partial charge in [0.15, 0.2) is 0 Å². The lowest BCUT2D eigenvalue weighted by atomic mass is 10.00. The highest BCUT2D eigenvalue weighted by Crippen LogP contribution is 2.32. The van der Waals surface area contributed by atoms with E-state index in [1.165, 1.54) is 18.2 Å². The molecule has 1 unspecified atom stereocenters. The molecule has 1 atom stereocenters. The van der Waals surface area contributed by atoms with Crippen molar-refractivity contribution in [2.75, 3.05) is 137 Å². The molecule has 0 aliphatic heterocycles. The van der Waals surface area contributed by atoms with Gasteiger partial charge in [0.25, 0.3) is 0 Å². The monoisotopic (exact) mass is 847 g/mol. The van der Waals surface area contributed by atoms with Gasteiger partial charge in [-0.1, -0.05) is 44.9 Å². The molecule has 0 radical (unpaired) electrons. The molecule has 1 N–H and O–H groups in total. The lowest BCUT2D eigenvalue weighted by molar-refractivity contribution is -0.150. The molecule has 0 fully saturated rings. The number of carbonyl (C=O) groups excluding carboxylic acids is 2. The number of para-hydroxylation sites is 1. The highest BCUT2D eigenvalue weighted by Gasteiger charge is 2.30. The normalized spacial score (nSPS) is 12.1. The molecular weight excluding hydrogens is 783 g/mol. The number of hydrogen-bond acceptors (Lipinski definition) is 14. The minimum atomic E-state index is -4.48. The Morgan fingerprint density at radius 3 is 1.41 bits per heavy atom. The van der Waals surface area contributed by atoms with Gasteiger partial charge in [0.1, 0.15) is 13.2 Å². The summed E-state index contributed by atoms with van der Waals surface area (Å²) in [6.45, 7) is 11.6. The van der Waals surface area contributed by atoms with Crippen LogP contribution in [0.1, 0.15) is 55.5 Å². The predicted octanol–water partition coefficient (Wildman–Crippen LogP) is 6.51. The number of carbonyl (C=O) groups is 2. The summed E-state index contributed by atoms with van der Waals surface area (Å²) in [6, 6.07) is 11.1. The zero-order valence-electron chi connectivity index (χ0n) is 34.6. The van der Waals surface area contributed by atoms with Crippen LogP contribution in [0.15, 0.2) is 48.5 Å². The minimum absolute atomic E-state index is 0.00662. The first-order chi connectivity index (χ1) is 28.8. The number of nitrogens with one attached hydrogen (secondary N) is 1. The fourth-order valence-electron chi connectivity index (χ4n) is 5.09. The van der Waals surface area contributed by atoms with Crippen LogP contribution >= 0.6 is 0 Å². The van der Waals surface area contributed by atoms with Crippen molar-refractivity contribution < 1.29 is 74.9 Å². The summed E-state index contributed by atoms with van der Waals surface area (Å²) < 4.78 is 98.9. The summed E-state index contributed by atoms with van der Waals surface area (Å²) in [6.07, 6.45) is -0.708. The van der Waals surface area contributed by atoms with Crippen molar-refractivity contribution in [1.29, 1.82) is 0 Å². The predicted molar refractivity (Wildman–Crippen MR) is 213 cm³/mol. The largest absolute Gasteiger partial charge is 0.463 e. The molecular formula is C42H64F3NO13. The Kier molecular flexibility index (Phi) is 30.1. The van der Waals surface area contributed by atoms with E-state index in [0.717, 1.165) is 37.8 Å². The lowest BCUT2D eigenvalue weighted by Gasteiger charge is -2.13. The van der Waals surface area contributed by atoms with Gasteiger partial charge in [-0.05, 0) is 43.2 Å². The number of rotatable bonds is 38. The molecule has 2 aromatic carbocycles. The molecule has 17 heteroatoms. The molecule has 59 heavy (non-hydrogen) atoms. The molecule has 0 saturated heterocycles. The molecule has 336 valence electrons. The molecule has 2 rings (SSSR count). The summed E-state index contributed by atoms with van der Waals surface area (Å²) >= 11 is 0. The number of unbranched alkanes of at least 4 members (excludes halogenated alkanes) is 1. The second-order valence-electron chi connectivity index (χ2n) is 12.8. The molecule has 0 spiro atoms. The van der Waals surface area contributed by atoms with Crippen molar-refractivity contribution in [3.63, 3.8) is 0 Å². The molecule has 0 saturated carbocycles. The fourth-order valence-corrected chi connectivity index (χ4v) is 5.09. The minimum Gasteiger partial charge on any atom is -0.463 e. The van der Waals surface area contributed by atoms with E-state index in [4.69, 9.17) is 52.1 Å². The van der Waals surface area contributed by atoms with Gasteiger partial charge in [0, 0.05) is 5.69 Å². The maximum absolute atomic E-state index is 13.1. The standard InChI is InChI=1S/C42H64F3NO13/c1-3-5-9-35(4-2)40(47)58-32-30-56-28-26-54-24-22-52-20-18-50-16-14-49-15-17-51-19-21-53-23-25-55-27-29-57-31-33-59-41(48)38-12-6-7-13-39(38)46-37-11-8-10-36(34-37)42(43,44)45/h6-8,10-13,34-35,46H,3-5,9,14-33H2,1-2H3. The van der Waals surface area contributed by atoms with E-state index < -0.39 is 17.7 Å². The third-order valence-electron chi connectivity index (χ3n) is 8.26. The number of esters is 2. The Balaban J connectivity index is 1.28. The van der Waals surface area contributed by atoms with Crippen molar-refractivity contribution >= 4 is 23.3 Å². The maximum Gasteiger partial charge on any atom is 0.416 e. The summed E-state index contributed by atoms with van der Waals surface area (Å²) in [5.41, 5.74) is -0.103. The average Bonchev–Trinajstić information content (AvgIpc) is 3.23. The second-order valence-corrected chi connectivity index (χ2v) is 12.8. The Labute approximate surface area is 346 Å². The summed E-state index contributed by atoms with van der Waals surface area (Å²) in [7, 11) is 0.